The molecule has 0 aromatic heterocycles. The van der Waals surface area contributed by atoms with Crippen molar-refractivity contribution < 1.29 is 28.5 Å². The minimum atomic E-state index is -1.50. The molecule has 2 aromatic rings. The molecule has 1 unspecified atom stereocenters. The smallest absolute Gasteiger partial charge is 0.276 e. The molecule has 31 heavy (non-hydrogen) atoms. The van der Waals surface area contributed by atoms with Crippen molar-refractivity contribution in [3.8, 4) is 23.0 Å². The van der Waals surface area contributed by atoms with Crippen molar-refractivity contribution in [1.29, 1.82) is 0 Å². The van der Waals surface area contributed by atoms with E-state index < -0.39 is 17.7 Å². The Hall–Kier alpha value is -3.04. The van der Waals surface area contributed by atoms with Gasteiger partial charge >= 0.3 is 0 Å². The number of Topliss-reactive ketones (excluding diaryl/α,β-unsaturated/α-hetero) is 1. The summed E-state index contributed by atoms with van der Waals surface area (Å²) in [7, 11) is 5.73. The maximum Gasteiger partial charge on any atom is 0.276 e. The average Bonchev–Trinajstić information content (AvgIpc) is 2.77. The number of nitrogens with zero attached hydrogens (tertiary/aromatic N) is 3. The van der Waals surface area contributed by atoms with Crippen LogP contribution in [0.4, 0.5) is 11.4 Å². The van der Waals surface area contributed by atoms with Crippen molar-refractivity contribution in [2.75, 3.05) is 32.9 Å². The van der Waals surface area contributed by atoms with Crippen LogP contribution in [-0.4, -0.2) is 46.2 Å². The first-order chi connectivity index (χ1) is 14.8. The summed E-state index contributed by atoms with van der Waals surface area (Å²) >= 11 is 12.4. The summed E-state index contributed by atoms with van der Waals surface area (Å²) in [5.74, 6) is -0.170. The van der Waals surface area contributed by atoms with Gasteiger partial charge in [0, 0.05) is 17.8 Å². The quantitative estimate of drug-likeness (QED) is 0.302. The molecule has 0 spiro atoms. The average molecular weight is 470 g/mol. The van der Waals surface area contributed by atoms with E-state index in [9.17, 15) is 9.59 Å². The summed E-state index contributed by atoms with van der Waals surface area (Å²) in [6, 6.07) is 6.25. The normalized spacial score (nSPS) is 11.7. The highest BCUT2D eigenvalue weighted by atomic mass is 35.5. The lowest BCUT2D eigenvalue weighted by molar-refractivity contribution is -0.126. The van der Waals surface area contributed by atoms with Crippen molar-refractivity contribution in [2.45, 2.75) is 13.0 Å². The first-order valence-corrected chi connectivity index (χ1v) is 9.54. The van der Waals surface area contributed by atoms with Crippen LogP contribution in [0.1, 0.15) is 6.92 Å². The highest BCUT2D eigenvalue weighted by molar-refractivity contribution is 6.39. The molecule has 0 saturated carbocycles. The number of methoxy groups -OCH3 is 4. The summed E-state index contributed by atoms with van der Waals surface area (Å²) in [6.07, 6.45) is 0. The lowest BCUT2D eigenvalue weighted by Gasteiger charge is -2.20. The maximum atomic E-state index is 12.9. The molecule has 2 rings (SSSR count). The van der Waals surface area contributed by atoms with Gasteiger partial charge in [-0.25, -0.2) is 4.42 Å². The predicted molar refractivity (Wildman–Crippen MR) is 116 cm³/mol. The molecule has 0 aliphatic rings. The Labute approximate surface area is 189 Å². The zero-order valence-corrected chi connectivity index (χ0v) is 19.0. The number of rotatable bonds is 9. The van der Waals surface area contributed by atoms with Crippen molar-refractivity contribution in [3.63, 3.8) is 0 Å². The largest absolute Gasteiger partial charge is 0.493 e. The molecule has 0 radical (unpaired) electrons. The van der Waals surface area contributed by atoms with Crippen LogP contribution >= 0.6 is 23.4 Å². The van der Waals surface area contributed by atoms with Gasteiger partial charge in [0.2, 0.25) is 6.04 Å². The van der Waals surface area contributed by atoms with E-state index in [1.807, 2.05) is 0 Å². The monoisotopic (exact) mass is 469 g/mol. The van der Waals surface area contributed by atoms with Crippen molar-refractivity contribution >= 4 is 46.4 Å². The Kier molecular flexibility index (Phi) is 8.47. The van der Waals surface area contributed by atoms with E-state index in [1.165, 1.54) is 53.6 Å². The standard InChI is InChI=1S/C20H21Cl2N3O6/c1-11(26)17(24-23-12-9-13(21)18(30-4)16(10-12)29-3)20(27)25(22)14-7-6-8-15(28-2)19(14)31-5/h6-10,17H,1-5H3. The Bertz CT molecular complexity index is 999. The fraction of sp³-hybridized carbons (Fsp3) is 0.300. The molecule has 1 atom stereocenters. The van der Waals surface area contributed by atoms with Crippen LogP contribution < -0.4 is 23.4 Å². The highest BCUT2D eigenvalue weighted by Gasteiger charge is 2.31. The van der Waals surface area contributed by atoms with E-state index >= 15 is 0 Å². The van der Waals surface area contributed by atoms with Gasteiger partial charge in [-0.1, -0.05) is 17.7 Å². The summed E-state index contributed by atoms with van der Waals surface area (Å²) in [6.45, 7) is 1.21. The number of halogens is 2. The zero-order chi connectivity index (χ0) is 23.1. The number of carbonyl (C=O) groups is 2. The number of azo groups is 1. The van der Waals surface area contributed by atoms with Gasteiger partial charge in [0.25, 0.3) is 5.91 Å². The van der Waals surface area contributed by atoms with Gasteiger partial charge in [-0.2, -0.15) is 10.2 Å². The number of benzene rings is 2. The Morgan fingerprint density at radius 3 is 2.16 bits per heavy atom. The van der Waals surface area contributed by atoms with Crippen LogP contribution in [0, 0.1) is 0 Å². The number of para-hydroxylation sites is 1. The molecule has 9 nitrogen and oxygen atoms in total. The number of ketones is 1. The van der Waals surface area contributed by atoms with Crippen LogP contribution in [0.15, 0.2) is 40.6 Å². The third-order valence-electron chi connectivity index (χ3n) is 4.11. The second-order valence-electron chi connectivity index (χ2n) is 6.02. The Balaban J connectivity index is 2.38. The number of amides is 1. The van der Waals surface area contributed by atoms with Gasteiger partial charge < -0.3 is 18.9 Å². The van der Waals surface area contributed by atoms with E-state index in [-0.39, 0.29) is 22.1 Å². The molecule has 0 aliphatic heterocycles. The Morgan fingerprint density at radius 2 is 1.61 bits per heavy atom. The molecule has 0 saturated heterocycles. The molecule has 0 fully saturated rings. The Morgan fingerprint density at radius 1 is 0.968 bits per heavy atom. The lowest BCUT2D eigenvalue weighted by Crippen LogP contribution is -2.36. The molecule has 0 bridgehead atoms. The highest BCUT2D eigenvalue weighted by Crippen LogP contribution is 2.40. The molecular weight excluding hydrogens is 449 g/mol. The number of hydrogen-bond acceptors (Lipinski definition) is 8. The summed E-state index contributed by atoms with van der Waals surface area (Å²) in [5.41, 5.74) is 0.436. The third kappa shape index (κ3) is 5.36. The van der Waals surface area contributed by atoms with Crippen molar-refractivity contribution in [1.82, 2.24) is 0 Å². The summed E-state index contributed by atoms with van der Waals surface area (Å²) in [4.78, 5) is 25.0. The minimum Gasteiger partial charge on any atom is -0.493 e. The molecule has 11 heteroatoms. The van der Waals surface area contributed by atoms with Crippen LogP contribution in [0.5, 0.6) is 23.0 Å². The lowest BCUT2D eigenvalue weighted by atomic mass is 10.2. The fourth-order valence-corrected chi connectivity index (χ4v) is 3.15. The number of hydrogen-bond donors (Lipinski definition) is 0. The molecule has 0 heterocycles. The van der Waals surface area contributed by atoms with E-state index in [2.05, 4.69) is 10.2 Å². The van der Waals surface area contributed by atoms with E-state index in [0.29, 0.717) is 17.2 Å². The molecule has 0 aliphatic carbocycles. The number of ether oxygens (including phenoxy) is 4. The van der Waals surface area contributed by atoms with Crippen LogP contribution in [0.25, 0.3) is 0 Å². The predicted octanol–water partition coefficient (Wildman–Crippen LogP) is 4.60. The number of carbonyl (C=O) groups excluding carboxylic acids is 2. The van der Waals surface area contributed by atoms with Gasteiger partial charge in [0.15, 0.2) is 28.8 Å². The molecule has 0 N–H and O–H groups in total. The summed E-state index contributed by atoms with van der Waals surface area (Å²) < 4.78 is 21.6. The van der Waals surface area contributed by atoms with Gasteiger partial charge in [-0.3, -0.25) is 9.59 Å². The molecule has 2 aromatic carbocycles. The summed E-state index contributed by atoms with van der Waals surface area (Å²) in [5, 5.41) is 8.07. The topological polar surface area (TPSA) is 99.0 Å². The minimum absolute atomic E-state index is 0.184. The van der Waals surface area contributed by atoms with E-state index in [4.69, 9.17) is 42.3 Å². The second-order valence-corrected chi connectivity index (χ2v) is 6.77. The van der Waals surface area contributed by atoms with E-state index in [1.54, 1.807) is 12.1 Å². The van der Waals surface area contributed by atoms with Crippen molar-refractivity contribution in [3.05, 3.63) is 35.4 Å². The third-order valence-corrected chi connectivity index (χ3v) is 4.74. The van der Waals surface area contributed by atoms with Crippen LogP contribution in [-0.2, 0) is 9.59 Å². The zero-order valence-electron chi connectivity index (χ0n) is 17.5. The SMILES string of the molecule is COc1cc(N=NC(C(C)=O)C(=O)N(Cl)c2cccc(OC)c2OC)cc(Cl)c1OC. The van der Waals surface area contributed by atoms with Gasteiger partial charge in [0.1, 0.15) is 5.69 Å². The maximum absolute atomic E-state index is 12.9. The first kappa shape index (κ1) is 24.2. The van der Waals surface area contributed by atoms with Gasteiger partial charge in [0.05, 0.1) is 39.1 Å². The number of anilines is 1. The van der Waals surface area contributed by atoms with Gasteiger partial charge in [-0.05, 0) is 25.1 Å². The van der Waals surface area contributed by atoms with Crippen LogP contribution in [0.3, 0.4) is 0 Å². The van der Waals surface area contributed by atoms with Crippen molar-refractivity contribution in [2.24, 2.45) is 10.2 Å². The second kappa shape index (κ2) is 10.8. The van der Waals surface area contributed by atoms with E-state index in [0.717, 1.165) is 4.42 Å². The first-order valence-electron chi connectivity index (χ1n) is 8.82. The molecule has 166 valence electrons. The van der Waals surface area contributed by atoms with Crippen LogP contribution in [0.2, 0.25) is 5.02 Å². The fourth-order valence-electron chi connectivity index (χ4n) is 2.64. The van der Waals surface area contributed by atoms with Gasteiger partial charge in [-0.15, -0.1) is 0 Å². The molecule has 1 amide bonds. The molecular formula is C20H21Cl2N3O6.